The Kier molecular flexibility index (Phi) is 2.17. The van der Waals surface area contributed by atoms with Gasteiger partial charge in [-0.1, -0.05) is 30.3 Å². The minimum Gasteiger partial charge on any atom is -0.457 e. The van der Waals surface area contributed by atoms with Gasteiger partial charge in [0.2, 0.25) is 5.90 Å². The molecule has 0 unspecified atom stereocenters. The summed E-state index contributed by atoms with van der Waals surface area (Å²) in [4.78, 5) is 0. The number of ether oxygens (including phenoxy) is 1. The predicted octanol–water partition coefficient (Wildman–Crippen LogP) is 1.46. The molecule has 2 rings (SSSR count). The standard InChI is InChI=1S/C10H12N2O/c1-12-8-13-10(11-12)7-9-5-3-2-4-6-9/h2-6H,7-8H2,1H3. The molecule has 1 aliphatic rings. The van der Waals surface area contributed by atoms with Gasteiger partial charge in [0, 0.05) is 7.05 Å². The highest BCUT2D eigenvalue weighted by Crippen LogP contribution is 2.06. The van der Waals surface area contributed by atoms with Crippen molar-refractivity contribution in [3.05, 3.63) is 35.9 Å². The summed E-state index contributed by atoms with van der Waals surface area (Å²) < 4.78 is 5.35. The molecule has 1 aromatic rings. The zero-order chi connectivity index (χ0) is 9.10. The summed E-state index contributed by atoms with van der Waals surface area (Å²) in [7, 11) is 1.90. The van der Waals surface area contributed by atoms with E-state index in [1.54, 1.807) is 5.01 Å². The van der Waals surface area contributed by atoms with Gasteiger partial charge in [-0.15, -0.1) is 5.10 Å². The lowest BCUT2D eigenvalue weighted by molar-refractivity contribution is 0.196. The first-order valence-electron chi connectivity index (χ1n) is 4.30. The lowest BCUT2D eigenvalue weighted by Gasteiger charge is -1.99. The molecule has 0 atom stereocenters. The summed E-state index contributed by atoms with van der Waals surface area (Å²) in [5.41, 5.74) is 1.23. The van der Waals surface area contributed by atoms with E-state index in [0.29, 0.717) is 6.73 Å². The topological polar surface area (TPSA) is 24.8 Å². The lowest BCUT2D eigenvalue weighted by atomic mass is 10.1. The van der Waals surface area contributed by atoms with Gasteiger partial charge in [0.25, 0.3) is 0 Å². The van der Waals surface area contributed by atoms with Gasteiger partial charge < -0.3 is 4.74 Å². The van der Waals surface area contributed by atoms with E-state index in [4.69, 9.17) is 4.74 Å². The van der Waals surface area contributed by atoms with Crippen molar-refractivity contribution in [2.75, 3.05) is 13.8 Å². The van der Waals surface area contributed by atoms with Crippen LogP contribution in [0, 0.1) is 0 Å². The molecule has 13 heavy (non-hydrogen) atoms. The number of hydrogen-bond acceptors (Lipinski definition) is 3. The summed E-state index contributed by atoms with van der Waals surface area (Å²) in [6, 6.07) is 10.2. The maximum Gasteiger partial charge on any atom is 0.212 e. The van der Waals surface area contributed by atoms with Crippen LogP contribution in [0.5, 0.6) is 0 Å². The van der Waals surface area contributed by atoms with E-state index in [2.05, 4.69) is 17.2 Å². The second-order valence-electron chi connectivity index (χ2n) is 3.09. The molecule has 1 aliphatic heterocycles. The fraction of sp³-hybridized carbons (Fsp3) is 0.300. The van der Waals surface area contributed by atoms with E-state index in [9.17, 15) is 0 Å². The summed E-state index contributed by atoms with van der Waals surface area (Å²) in [6.07, 6.45) is 0.783. The molecule has 1 heterocycles. The molecule has 68 valence electrons. The molecule has 0 N–H and O–H groups in total. The fourth-order valence-corrected chi connectivity index (χ4v) is 1.27. The quantitative estimate of drug-likeness (QED) is 0.681. The van der Waals surface area contributed by atoms with E-state index >= 15 is 0 Å². The van der Waals surface area contributed by atoms with Crippen molar-refractivity contribution < 1.29 is 4.74 Å². The van der Waals surface area contributed by atoms with Crippen LogP contribution in [0.25, 0.3) is 0 Å². The molecule has 0 bridgehead atoms. The van der Waals surface area contributed by atoms with Crippen molar-refractivity contribution in [3.8, 4) is 0 Å². The Morgan fingerprint density at radius 2 is 2.15 bits per heavy atom. The molecule has 3 heteroatoms. The second kappa shape index (κ2) is 3.47. The number of hydrogen-bond donors (Lipinski definition) is 0. The smallest absolute Gasteiger partial charge is 0.212 e. The summed E-state index contributed by atoms with van der Waals surface area (Å²) in [5.74, 6) is 0.800. The molecule has 0 amide bonds. The zero-order valence-corrected chi connectivity index (χ0v) is 7.60. The third-order valence-corrected chi connectivity index (χ3v) is 1.90. The van der Waals surface area contributed by atoms with Crippen LogP contribution >= 0.6 is 0 Å². The predicted molar refractivity (Wildman–Crippen MR) is 51.3 cm³/mol. The summed E-state index contributed by atoms with van der Waals surface area (Å²) in [5, 5.41) is 6.00. The maximum absolute atomic E-state index is 5.35. The fourth-order valence-electron chi connectivity index (χ4n) is 1.27. The minimum absolute atomic E-state index is 0.572. The van der Waals surface area contributed by atoms with E-state index in [0.717, 1.165) is 12.3 Å². The van der Waals surface area contributed by atoms with Crippen LogP contribution in [-0.4, -0.2) is 24.7 Å². The Hall–Kier alpha value is -1.51. The molecule has 0 aromatic heterocycles. The number of hydrazone groups is 1. The molecule has 0 spiro atoms. The average Bonchev–Trinajstić information content (AvgIpc) is 2.53. The van der Waals surface area contributed by atoms with Gasteiger partial charge in [0.15, 0.2) is 6.73 Å². The van der Waals surface area contributed by atoms with E-state index in [1.807, 2.05) is 25.2 Å². The minimum atomic E-state index is 0.572. The number of rotatable bonds is 2. The molecule has 3 nitrogen and oxygen atoms in total. The average molecular weight is 176 g/mol. The lowest BCUT2D eigenvalue weighted by Crippen LogP contribution is -2.06. The van der Waals surface area contributed by atoms with Gasteiger partial charge in [-0.3, -0.25) is 5.01 Å². The third kappa shape index (κ3) is 1.99. The van der Waals surface area contributed by atoms with Crippen molar-refractivity contribution in [2.45, 2.75) is 6.42 Å². The maximum atomic E-state index is 5.35. The van der Waals surface area contributed by atoms with Gasteiger partial charge >= 0.3 is 0 Å². The SMILES string of the molecule is CN1COC(Cc2ccccc2)=N1. The van der Waals surface area contributed by atoms with Gasteiger partial charge in [0.05, 0.1) is 6.42 Å². The normalized spacial score (nSPS) is 15.5. The molecular formula is C10H12N2O. The molecular weight excluding hydrogens is 164 g/mol. The summed E-state index contributed by atoms with van der Waals surface area (Å²) >= 11 is 0. The highest BCUT2D eigenvalue weighted by atomic mass is 16.5. The van der Waals surface area contributed by atoms with Crippen LogP contribution in [-0.2, 0) is 11.2 Å². The van der Waals surface area contributed by atoms with Crippen molar-refractivity contribution in [2.24, 2.45) is 5.10 Å². The van der Waals surface area contributed by atoms with Crippen molar-refractivity contribution in [1.29, 1.82) is 0 Å². The van der Waals surface area contributed by atoms with Gasteiger partial charge in [-0.05, 0) is 5.56 Å². The second-order valence-corrected chi connectivity index (χ2v) is 3.09. The first-order chi connectivity index (χ1) is 6.34. The first kappa shape index (κ1) is 8.10. The Labute approximate surface area is 77.6 Å². The van der Waals surface area contributed by atoms with Crippen molar-refractivity contribution >= 4 is 5.90 Å². The van der Waals surface area contributed by atoms with Crippen molar-refractivity contribution in [3.63, 3.8) is 0 Å². The molecule has 1 aromatic carbocycles. The largest absolute Gasteiger partial charge is 0.457 e. The van der Waals surface area contributed by atoms with Crippen LogP contribution < -0.4 is 0 Å². The van der Waals surface area contributed by atoms with Gasteiger partial charge in [0.1, 0.15) is 0 Å². The molecule has 0 saturated carbocycles. The molecule has 0 fully saturated rings. The van der Waals surface area contributed by atoms with E-state index in [-0.39, 0.29) is 0 Å². The Balaban J connectivity index is 2.03. The zero-order valence-electron chi connectivity index (χ0n) is 7.60. The van der Waals surface area contributed by atoms with E-state index < -0.39 is 0 Å². The number of nitrogens with zero attached hydrogens (tertiary/aromatic N) is 2. The molecule has 0 aliphatic carbocycles. The number of benzene rings is 1. The molecule has 0 radical (unpaired) electrons. The highest BCUT2D eigenvalue weighted by molar-refractivity contribution is 5.79. The summed E-state index contributed by atoms with van der Waals surface area (Å²) in [6.45, 7) is 0.572. The Morgan fingerprint density at radius 1 is 1.38 bits per heavy atom. The monoisotopic (exact) mass is 176 g/mol. The van der Waals surface area contributed by atoms with Crippen LogP contribution in [0.2, 0.25) is 0 Å². The third-order valence-electron chi connectivity index (χ3n) is 1.90. The van der Waals surface area contributed by atoms with Crippen LogP contribution in [0.4, 0.5) is 0 Å². The van der Waals surface area contributed by atoms with Crippen molar-refractivity contribution in [1.82, 2.24) is 5.01 Å². The molecule has 0 saturated heterocycles. The van der Waals surface area contributed by atoms with Crippen LogP contribution in [0.15, 0.2) is 35.4 Å². The first-order valence-corrected chi connectivity index (χ1v) is 4.30. The van der Waals surface area contributed by atoms with Crippen LogP contribution in [0.3, 0.4) is 0 Å². The van der Waals surface area contributed by atoms with Crippen LogP contribution in [0.1, 0.15) is 5.56 Å². The van der Waals surface area contributed by atoms with Gasteiger partial charge in [-0.25, -0.2) is 0 Å². The van der Waals surface area contributed by atoms with E-state index in [1.165, 1.54) is 5.56 Å². The van der Waals surface area contributed by atoms with Gasteiger partial charge in [-0.2, -0.15) is 0 Å². The highest BCUT2D eigenvalue weighted by Gasteiger charge is 2.11. The Morgan fingerprint density at radius 3 is 2.77 bits per heavy atom. The Bertz CT molecular complexity index is 308.